The van der Waals surface area contributed by atoms with Gasteiger partial charge in [0, 0.05) is 30.5 Å². The Kier molecular flexibility index (Phi) is 4.62. The van der Waals surface area contributed by atoms with Crippen LogP contribution in [0.15, 0.2) is 54.6 Å². The smallest absolute Gasteiger partial charge is 0.254 e. The number of aliphatic hydroxyl groups excluding tert-OH is 1. The van der Waals surface area contributed by atoms with Crippen LogP contribution in [0.3, 0.4) is 0 Å². The summed E-state index contributed by atoms with van der Waals surface area (Å²) in [7, 11) is 0. The highest BCUT2D eigenvalue weighted by Gasteiger charge is 2.68. The number of rotatable bonds is 4. The number of benzene rings is 2. The first kappa shape index (κ1) is 19.2. The van der Waals surface area contributed by atoms with Crippen LogP contribution in [0.25, 0.3) is 0 Å². The lowest BCUT2D eigenvalue weighted by Crippen LogP contribution is -2.86. The lowest BCUT2D eigenvalue weighted by molar-refractivity contribution is -0.199. The van der Waals surface area contributed by atoms with E-state index < -0.39 is 11.4 Å². The summed E-state index contributed by atoms with van der Waals surface area (Å²) >= 11 is 0. The summed E-state index contributed by atoms with van der Waals surface area (Å²) in [4.78, 5) is 29.6. The summed E-state index contributed by atoms with van der Waals surface area (Å²) in [6, 6.07) is 15.3. The first-order chi connectivity index (χ1) is 14.5. The van der Waals surface area contributed by atoms with Gasteiger partial charge >= 0.3 is 0 Å². The van der Waals surface area contributed by atoms with Crippen molar-refractivity contribution in [2.45, 2.75) is 36.8 Å². The van der Waals surface area contributed by atoms with Crippen LogP contribution in [0.1, 0.15) is 41.1 Å². The second-order valence-electron chi connectivity index (χ2n) is 8.75. The molecule has 2 amide bonds. The number of carbonyl (C=O) groups excluding carboxylic acids is 2. The largest absolute Gasteiger partial charge is 0.394 e. The minimum absolute atomic E-state index is 0.0238. The Hall–Kier alpha value is -2.73. The van der Waals surface area contributed by atoms with Crippen LogP contribution in [0.5, 0.6) is 0 Å². The van der Waals surface area contributed by atoms with E-state index in [0.717, 1.165) is 24.8 Å². The third-order valence-electron chi connectivity index (χ3n) is 7.10. The van der Waals surface area contributed by atoms with Gasteiger partial charge in [0.25, 0.3) is 5.91 Å². The van der Waals surface area contributed by atoms with Crippen molar-refractivity contribution in [3.05, 3.63) is 71.5 Å². The summed E-state index contributed by atoms with van der Waals surface area (Å²) in [5, 5.41) is 10.1. The molecule has 1 N–H and O–H groups in total. The predicted molar refractivity (Wildman–Crippen MR) is 109 cm³/mol. The van der Waals surface area contributed by atoms with Crippen LogP contribution < -0.4 is 0 Å². The molecule has 0 radical (unpaired) electrons. The van der Waals surface area contributed by atoms with Crippen molar-refractivity contribution in [3.8, 4) is 0 Å². The van der Waals surface area contributed by atoms with Crippen molar-refractivity contribution in [2.24, 2.45) is 5.92 Å². The summed E-state index contributed by atoms with van der Waals surface area (Å²) in [5.41, 5.74) is 0.896. The molecule has 156 valence electrons. The Morgan fingerprint density at radius 1 is 1.07 bits per heavy atom. The van der Waals surface area contributed by atoms with Gasteiger partial charge in [0.2, 0.25) is 5.91 Å². The van der Waals surface area contributed by atoms with Crippen molar-refractivity contribution in [1.82, 2.24) is 9.80 Å². The number of aliphatic hydroxyl groups is 1. The van der Waals surface area contributed by atoms with Gasteiger partial charge in [0.05, 0.1) is 18.2 Å². The number of hydrogen-bond acceptors (Lipinski definition) is 3. The zero-order valence-corrected chi connectivity index (χ0v) is 16.7. The Balaban J connectivity index is 1.43. The zero-order valence-electron chi connectivity index (χ0n) is 16.7. The SMILES string of the molecule is O=C(c1cccc(F)c1)N1CC2(C1)[C@@H](c1ccccc1)[C@H](CO)N2C(=O)C1CCC1. The molecule has 1 spiro atoms. The second kappa shape index (κ2) is 7.20. The quantitative estimate of drug-likeness (QED) is 0.846. The van der Waals surface area contributed by atoms with Crippen LogP contribution in [-0.2, 0) is 4.79 Å². The Morgan fingerprint density at radius 2 is 1.80 bits per heavy atom. The molecule has 2 aromatic rings. The minimum Gasteiger partial charge on any atom is -0.394 e. The molecule has 3 aliphatic rings. The van der Waals surface area contributed by atoms with Crippen molar-refractivity contribution in [3.63, 3.8) is 0 Å². The Labute approximate surface area is 175 Å². The molecule has 6 heteroatoms. The molecule has 0 bridgehead atoms. The monoisotopic (exact) mass is 408 g/mol. The maximum Gasteiger partial charge on any atom is 0.254 e. The van der Waals surface area contributed by atoms with Crippen LogP contribution in [0, 0.1) is 11.7 Å². The van der Waals surface area contributed by atoms with Crippen LogP contribution >= 0.6 is 0 Å². The molecule has 2 saturated heterocycles. The number of amides is 2. The molecule has 30 heavy (non-hydrogen) atoms. The molecule has 5 nitrogen and oxygen atoms in total. The van der Waals surface area contributed by atoms with E-state index in [1.165, 1.54) is 18.2 Å². The summed E-state index contributed by atoms with van der Waals surface area (Å²) < 4.78 is 13.6. The van der Waals surface area contributed by atoms with Gasteiger partial charge in [-0.05, 0) is 36.6 Å². The topological polar surface area (TPSA) is 60.9 Å². The van der Waals surface area contributed by atoms with Gasteiger partial charge in [0.1, 0.15) is 5.82 Å². The number of halogens is 1. The van der Waals surface area contributed by atoms with E-state index in [1.54, 1.807) is 11.0 Å². The minimum atomic E-state index is -0.496. The van der Waals surface area contributed by atoms with E-state index in [2.05, 4.69) is 0 Å². The molecule has 2 atom stereocenters. The molecular weight excluding hydrogens is 383 g/mol. The highest BCUT2D eigenvalue weighted by Crippen LogP contribution is 2.55. The van der Waals surface area contributed by atoms with E-state index in [4.69, 9.17) is 0 Å². The van der Waals surface area contributed by atoms with Gasteiger partial charge in [-0.2, -0.15) is 0 Å². The summed E-state index contributed by atoms with van der Waals surface area (Å²) in [6.45, 7) is 0.700. The second-order valence-corrected chi connectivity index (χ2v) is 8.75. The molecule has 5 rings (SSSR count). The average Bonchev–Trinajstić information content (AvgIpc) is 2.65. The van der Waals surface area contributed by atoms with Gasteiger partial charge in [-0.15, -0.1) is 0 Å². The first-order valence-corrected chi connectivity index (χ1v) is 10.6. The lowest BCUT2D eigenvalue weighted by Gasteiger charge is -2.71. The van der Waals surface area contributed by atoms with E-state index in [0.29, 0.717) is 18.7 Å². The van der Waals surface area contributed by atoms with Crippen molar-refractivity contribution >= 4 is 11.8 Å². The maximum absolute atomic E-state index is 13.6. The lowest BCUT2D eigenvalue weighted by atomic mass is 9.59. The fraction of sp³-hybridized carbons (Fsp3) is 0.417. The van der Waals surface area contributed by atoms with Gasteiger partial charge < -0.3 is 14.9 Å². The average molecular weight is 408 g/mol. The molecule has 1 aliphatic carbocycles. The number of likely N-dealkylation sites (tertiary alicyclic amines) is 2. The van der Waals surface area contributed by atoms with Crippen LogP contribution in [0.4, 0.5) is 4.39 Å². The van der Waals surface area contributed by atoms with Crippen LogP contribution in [0.2, 0.25) is 0 Å². The van der Waals surface area contributed by atoms with Gasteiger partial charge in [0.15, 0.2) is 0 Å². The Bertz CT molecular complexity index is 969. The van der Waals surface area contributed by atoms with Crippen molar-refractivity contribution < 1.29 is 19.1 Å². The Morgan fingerprint density at radius 3 is 2.40 bits per heavy atom. The van der Waals surface area contributed by atoms with Crippen molar-refractivity contribution in [2.75, 3.05) is 19.7 Å². The number of nitrogens with zero attached hydrogens (tertiary/aromatic N) is 2. The molecular formula is C24H25FN2O3. The first-order valence-electron chi connectivity index (χ1n) is 10.6. The standard InChI is InChI=1S/C24H25FN2O3/c25-19-11-5-10-18(12-19)22(29)26-14-24(15-26)21(16-6-2-1-3-7-16)20(13-28)27(24)23(30)17-8-4-9-17/h1-3,5-7,10-12,17,20-21,28H,4,8-9,13-15H2/t20-,21-/m0/s1. The zero-order chi connectivity index (χ0) is 20.9. The third kappa shape index (κ3) is 2.77. The molecule has 1 saturated carbocycles. The van der Waals surface area contributed by atoms with E-state index >= 15 is 0 Å². The third-order valence-corrected chi connectivity index (χ3v) is 7.10. The molecule has 3 fully saturated rings. The molecule has 2 heterocycles. The van der Waals surface area contributed by atoms with E-state index in [-0.39, 0.29) is 36.3 Å². The number of carbonyl (C=O) groups is 2. The van der Waals surface area contributed by atoms with Crippen molar-refractivity contribution in [1.29, 1.82) is 0 Å². The van der Waals surface area contributed by atoms with Gasteiger partial charge in [-0.25, -0.2) is 4.39 Å². The number of hydrogen-bond donors (Lipinski definition) is 1. The maximum atomic E-state index is 13.6. The predicted octanol–water partition coefficient (Wildman–Crippen LogP) is 2.81. The highest BCUT2D eigenvalue weighted by atomic mass is 19.1. The van der Waals surface area contributed by atoms with E-state index in [1.807, 2.05) is 35.2 Å². The highest BCUT2D eigenvalue weighted by molar-refractivity contribution is 5.95. The normalized spacial score (nSPS) is 24.7. The molecule has 0 aromatic heterocycles. The molecule has 2 aromatic carbocycles. The summed E-state index contributed by atoms with van der Waals surface area (Å²) in [6.07, 6.45) is 2.85. The fourth-order valence-corrected chi connectivity index (χ4v) is 5.43. The van der Waals surface area contributed by atoms with Gasteiger partial charge in [-0.3, -0.25) is 9.59 Å². The van der Waals surface area contributed by atoms with Crippen LogP contribution in [-0.4, -0.2) is 58.0 Å². The van der Waals surface area contributed by atoms with Gasteiger partial charge in [-0.1, -0.05) is 42.8 Å². The summed E-state index contributed by atoms with van der Waals surface area (Å²) in [5.74, 6) is -0.560. The van der Waals surface area contributed by atoms with E-state index in [9.17, 15) is 19.1 Å². The molecule has 0 unspecified atom stereocenters. The molecule has 2 aliphatic heterocycles. The fourth-order valence-electron chi connectivity index (χ4n) is 5.43.